The number of rotatable bonds is 5. The van der Waals surface area contributed by atoms with E-state index in [0.717, 1.165) is 12.0 Å². The van der Waals surface area contributed by atoms with Crippen LogP contribution in [0.5, 0.6) is 0 Å². The van der Waals surface area contributed by atoms with Crippen molar-refractivity contribution in [1.29, 1.82) is 0 Å². The predicted octanol–water partition coefficient (Wildman–Crippen LogP) is 2.86. The Morgan fingerprint density at radius 1 is 1.43 bits per heavy atom. The van der Waals surface area contributed by atoms with E-state index in [0.29, 0.717) is 6.42 Å². The summed E-state index contributed by atoms with van der Waals surface area (Å²) in [6.07, 6.45) is 2.93. The van der Waals surface area contributed by atoms with Crippen molar-refractivity contribution < 1.29 is 19.1 Å². The first-order valence-corrected chi connectivity index (χ1v) is 6.94. The third-order valence-corrected chi connectivity index (χ3v) is 3.35. The van der Waals surface area contributed by atoms with Crippen LogP contribution in [0.4, 0.5) is 4.79 Å². The van der Waals surface area contributed by atoms with E-state index in [2.05, 4.69) is 6.58 Å². The molecule has 0 N–H and O–H groups in total. The van der Waals surface area contributed by atoms with E-state index in [1.54, 1.807) is 6.08 Å². The number of esters is 1. The van der Waals surface area contributed by atoms with Crippen LogP contribution in [0.3, 0.4) is 0 Å². The van der Waals surface area contributed by atoms with Crippen molar-refractivity contribution in [2.24, 2.45) is 0 Å². The molecule has 21 heavy (non-hydrogen) atoms. The molecule has 2 rings (SSSR count). The maximum atomic E-state index is 12.1. The fourth-order valence-corrected chi connectivity index (χ4v) is 2.18. The van der Waals surface area contributed by atoms with Crippen LogP contribution in [0, 0.1) is 0 Å². The maximum Gasteiger partial charge on any atom is 0.413 e. The minimum Gasteiger partial charge on any atom is -0.444 e. The summed E-state index contributed by atoms with van der Waals surface area (Å²) >= 11 is 0. The van der Waals surface area contributed by atoms with Crippen LogP contribution < -0.4 is 0 Å². The molecular formula is C16H19NO4. The summed E-state index contributed by atoms with van der Waals surface area (Å²) in [4.78, 5) is 25.0. The second-order valence-electron chi connectivity index (χ2n) is 4.88. The fraction of sp³-hybridized carbons (Fsp3) is 0.375. The third-order valence-electron chi connectivity index (χ3n) is 3.35. The predicted molar refractivity (Wildman–Crippen MR) is 77.3 cm³/mol. The fourth-order valence-electron chi connectivity index (χ4n) is 2.18. The van der Waals surface area contributed by atoms with Gasteiger partial charge in [-0.05, 0) is 18.4 Å². The molecule has 1 aliphatic heterocycles. The van der Waals surface area contributed by atoms with Gasteiger partial charge >= 0.3 is 12.1 Å². The van der Waals surface area contributed by atoms with Crippen molar-refractivity contribution in [3.05, 3.63) is 48.6 Å². The first-order valence-electron chi connectivity index (χ1n) is 6.94. The molecule has 1 atom stereocenters. The highest BCUT2D eigenvalue weighted by molar-refractivity contribution is 5.75. The second-order valence-corrected chi connectivity index (χ2v) is 4.88. The van der Waals surface area contributed by atoms with Gasteiger partial charge in [0.1, 0.15) is 6.61 Å². The zero-order valence-electron chi connectivity index (χ0n) is 11.9. The Morgan fingerprint density at radius 2 is 2.19 bits per heavy atom. The van der Waals surface area contributed by atoms with Crippen molar-refractivity contribution in [2.75, 3.05) is 6.73 Å². The standard InChI is InChI=1S/C16H19NO4/c1-2-3-9-14-10-15(18)21-12-17(14)16(19)20-11-13-7-5-4-6-8-13/h2,4-8,14H,1,3,9-12H2/t14-/m0/s1. The Bertz CT molecular complexity index is 500. The first-order chi connectivity index (χ1) is 10.2. The Kier molecular flexibility index (Phi) is 5.37. The summed E-state index contributed by atoms with van der Waals surface area (Å²) in [7, 11) is 0. The first kappa shape index (κ1) is 15.1. The molecule has 0 saturated carbocycles. The lowest BCUT2D eigenvalue weighted by Gasteiger charge is -2.33. The Hall–Kier alpha value is -2.30. The molecule has 1 aliphatic rings. The summed E-state index contributed by atoms with van der Waals surface area (Å²) in [5.41, 5.74) is 0.919. The van der Waals surface area contributed by atoms with E-state index in [1.165, 1.54) is 4.90 Å². The number of allylic oxidation sites excluding steroid dienone is 1. The molecule has 112 valence electrons. The molecule has 0 spiro atoms. The summed E-state index contributed by atoms with van der Waals surface area (Å²) in [6.45, 7) is 3.82. The van der Waals surface area contributed by atoms with Crippen LogP contribution >= 0.6 is 0 Å². The van der Waals surface area contributed by atoms with Gasteiger partial charge in [0.2, 0.25) is 0 Å². The van der Waals surface area contributed by atoms with Crippen molar-refractivity contribution in [2.45, 2.75) is 31.9 Å². The van der Waals surface area contributed by atoms with Crippen molar-refractivity contribution in [3.8, 4) is 0 Å². The summed E-state index contributed by atoms with van der Waals surface area (Å²) < 4.78 is 10.2. The van der Waals surface area contributed by atoms with Crippen LogP contribution in [-0.2, 0) is 20.9 Å². The molecular weight excluding hydrogens is 270 g/mol. The number of nitrogens with zero attached hydrogens (tertiary/aromatic N) is 1. The number of carbonyl (C=O) groups is 2. The van der Waals surface area contributed by atoms with Crippen LogP contribution in [0.1, 0.15) is 24.8 Å². The quantitative estimate of drug-likeness (QED) is 0.618. The molecule has 1 heterocycles. The van der Waals surface area contributed by atoms with Gasteiger partial charge in [-0.15, -0.1) is 6.58 Å². The van der Waals surface area contributed by atoms with E-state index in [-0.39, 0.29) is 31.8 Å². The van der Waals surface area contributed by atoms with Gasteiger partial charge in [0.15, 0.2) is 6.73 Å². The molecule has 1 aromatic rings. The average molecular weight is 289 g/mol. The largest absolute Gasteiger partial charge is 0.444 e. The maximum absolute atomic E-state index is 12.1. The SMILES string of the molecule is C=CCC[C@H]1CC(=O)OCN1C(=O)OCc1ccccc1. The summed E-state index contributed by atoms with van der Waals surface area (Å²) in [5.74, 6) is -0.281. The second kappa shape index (κ2) is 7.47. The monoisotopic (exact) mass is 289 g/mol. The van der Waals surface area contributed by atoms with Gasteiger partial charge < -0.3 is 9.47 Å². The normalized spacial score (nSPS) is 18.0. The number of carbonyl (C=O) groups excluding carboxylic acids is 2. The number of ether oxygens (including phenoxy) is 2. The number of hydrogen-bond donors (Lipinski definition) is 0. The highest BCUT2D eigenvalue weighted by atomic mass is 16.6. The van der Waals surface area contributed by atoms with E-state index in [4.69, 9.17) is 9.47 Å². The van der Waals surface area contributed by atoms with Crippen molar-refractivity contribution in [3.63, 3.8) is 0 Å². The number of cyclic esters (lactones) is 1. The van der Waals surface area contributed by atoms with Crippen molar-refractivity contribution >= 4 is 12.1 Å². The van der Waals surface area contributed by atoms with E-state index >= 15 is 0 Å². The van der Waals surface area contributed by atoms with Gasteiger partial charge in [-0.25, -0.2) is 4.79 Å². The van der Waals surface area contributed by atoms with E-state index in [9.17, 15) is 9.59 Å². The van der Waals surface area contributed by atoms with Gasteiger partial charge in [0.05, 0.1) is 6.42 Å². The number of benzene rings is 1. The molecule has 5 heteroatoms. The van der Waals surface area contributed by atoms with Crippen LogP contribution in [-0.4, -0.2) is 29.7 Å². The van der Waals surface area contributed by atoms with Gasteiger partial charge in [-0.1, -0.05) is 36.4 Å². The van der Waals surface area contributed by atoms with Gasteiger partial charge in [0.25, 0.3) is 0 Å². The van der Waals surface area contributed by atoms with Crippen LogP contribution in [0.15, 0.2) is 43.0 Å². The average Bonchev–Trinajstić information content (AvgIpc) is 2.51. The molecule has 0 aromatic heterocycles. The highest BCUT2D eigenvalue weighted by Gasteiger charge is 2.32. The molecule has 1 saturated heterocycles. The molecule has 0 bridgehead atoms. The lowest BCUT2D eigenvalue weighted by Crippen LogP contribution is -2.47. The smallest absolute Gasteiger partial charge is 0.413 e. The minimum atomic E-state index is -0.458. The molecule has 0 unspecified atom stereocenters. The lowest BCUT2D eigenvalue weighted by atomic mass is 10.1. The lowest BCUT2D eigenvalue weighted by molar-refractivity contribution is -0.157. The summed E-state index contributed by atoms with van der Waals surface area (Å²) in [6, 6.07) is 9.27. The third kappa shape index (κ3) is 4.34. The van der Waals surface area contributed by atoms with Crippen LogP contribution in [0.25, 0.3) is 0 Å². The number of hydrogen-bond acceptors (Lipinski definition) is 4. The molecule has 1 amide bonds. The van der Waals surface area contributed by atoms with E-state index < -0.39 is 6.09 Å². The Labute approximate surface area is 124 Å². The molecule has 1 fully saturated rings. The zero-order chi connectivity index (χ0) is 15.1. The summed E-state index contributed by atoms with van der Waals surface area (Å²) in [5, 5.41) is 0. The zero-order valence-corrected chi connectivity index (χ0v) is 11.9. The molecule has 0 aliphatic carbocycles. The number of amides is 1. The molecule has 1 aromatic carbocycles. The van der Waals surface area contributed by atoms with Gasteiger partial charge in [-0.3, -0.25) is 9.69 Å². The molecule has 0 radical (unpaired) electrons. The van der Waals surface area contributed by atoms with Gasteiger partial charge in [-0.2, -0.15) is 0 Å². The molecule has 5 nitrogen and oxygen atoms in total. The Morgan fingerprint density at radius 3 is 2.90 bits per heavy atom. The van der Waals surface area contributed by atoms with Gasteiger partial charge in [0, 0.05) is 6.04 Å². The minimum absolute atomic E-state index is 0.0474. The topological polar surface area (TPSA) is 55.8 Å². The van der Waals surface area contributed by atoms with Crippen LogP contribution in [0.2, 0.25) is 0 Å². The Balaban J connectivity index is 1.92. The highest BCUT2D eigenvalue weighted by Crippen LogP contribution is 2.19. The van der Waals surface area contributed by atoms with Crippen molar-refractivity contribution in [1.82, 2.24) is 4.90 Å². The van der Waals surface area contributed by atoms with E-state index in [1.807, 2.05) is 30.3 Å².